The molecule has 1 aliphatic heterocycles. The smallest absolute Gasteiger partial charge is 0.338 e. The number of rotatable bonds is 3. The van der Waals surface area contributed by atoms with Gasteiger partial charge in [-0.2, -0.15) is 10.2 Å². The molecule has 0 spiro atoms. The Bertz CT molecular complexity index is 1770. The largest absolute Gasteiger partial charge is 0.381 e. The minimum Gasteiger partial charge on any atom is -0.381 e. The summed E-state index contributed by atoms with van der Waals surface area (Å²) in [5.74, 6) is -0.0777. The third-order valence-electron chi connectivity index (χ3n) is 7.55. The molecule has 5 aromatic rings. The summed E-state index contributed by atoms with van der Waals surface area (Å²) in [6.07, 6.45) is 5.30. The maximum atomic E-state index is 15.6. The Morgan fingerprint density at radius 1 is 1.00 bits per heavy atom. The van der Waals surface area contributed by atoms with Gasteiger partial charge in [-0.25, -0.2) is 18.3 Å². The highest BCUT2D eigenvalue weighted by Crippen LogP contribution is 2.33. The van der Waals surface area contributed by atoms with Crippen molar-refractivity contribution in [3.63, 3.8) is 0 Å². The second kappa shape index (κ2) is 9.30. The first-order chi connectivity index (χ1) is 18.7. The van der Waals surface area contributed by atoms with E-state index in [2.05, 4.69) is 12.0 Å². The summed E-state index contributed by atoms with van der Waals surface area (Å²) in [5, 5.41) is 9.45. The third-order valence-corrected chi connectivity index (χ3v) is 7.55. The summed E-state index contributed by atoms with van der Waals surface area (Å²) in [6.45, 7) is 8.66. The summed E-state index contributed by atoms with van der Waals surface area (Å²) in [7, 11) is 1.74. The molecule has 39 heavy (non-hydrogen) atoms. The monoisotopic (exact) mass is 532 g/mol. The predicted octanol–water partition coefficient (Wildman–Crippen LogP) is 4.91. The maximum absolute atomic E-state index is 15.6. The average Bonchev–Trinajstić information content (AvgIpc) is 3.57. The minimum atomic E-state index is -0.523. The van der Waals surface area contributed by atoms with Crippen LogP contribution in [0.3, 0.4) is 0 Å². The summed E-state index contributed by atoms with van der Waals surface area (Å²) in [5.41, 5.74) is 3.71. The second-order valence-corrected chi connectivity index (χ2v) is 10.7. The molecule has 0 bridgehead atoms. The van der Waals surface area contributed by atoms with Crippen LogP contribution in [0.15, 0.2) is 47.7 Å². The molecular formula is C29H30F2N6O2. The molecule has 2 aromatic carbocycles. The van der Waals surface area contributed by atoms with Gasteiger partial charge in [-0.05, 0) is 61.6 Å². The van der Waals surface area contributed by atoms with Gasteiger partial charge in [0.15, 0.2) is 5.82 Å². The highest BCUT2D eigenvalue weighted by Gasteiger charge is 2.29. The molecule has 2 atom stereocenters. The molecule has 0 saturated heterocycles. The molecule has 0 aliphatic carbocycles. The van der Waals surface area contributed by atoms with Crippen molar-refractivity contribution < 1.29 is 13.5 Å². The van der Waals surface area contributed by atoms with Gasteiger partial charge in [0, 0.05) is 37.5 Å². The molecule has 0 radical (unpaired) electrons. The van der Waals surface area contributed by atoms with Crippen molar-refractivity contribution in [3.05, 3.63) is 87.4 Å². The number of nitrogens with zero attached hydrogens (tertiary/aromatic N) is 6. The molecule has 0 amide bonds. The Hall–Kier alpha value is -4.05. The van der Waals surface area contributed by atoms with Crippen LogP contribution in [0.5, 0.6) is 0 Å². The molecular weight excluding hydrogens is 502 g/mol. The average molecular weight is 533 g/mol. The van der Waals surface area contributed by atoms with E-state index in [1.54, 1.807) is 66.9 Å². The normalized spacial score (nSPS) is 17.8. The van der Waals surface area contributed by atoms with Gasteiger partial charge >= 0.3 is 5.69 Å². The molecule has 0 unspecified atom stereocenters. The number of halogens is 2. The molecule has 0 N–H and O–H groups in total. The van der Waals surface area contributed by atoms with Gasteiger partial charge < -0.3 is 4.74 Å². The van der Waals surface area contributed by atoms with E-state index in [9.17, 15) is 9.18 Å². The lowest BCUT2D eigenvalue weighted by Crippen LogP contribution is -2.26. The Kier molecular flexibility index (Phi) is 6.02. The van der Waals surface area contributed by atoms with Crippen LogP contribution in [0.2, 0.25) is 0 Å². The highest BCUT2D eigenvalue weighted by atomic mass is 19.1. The number of aryl methyl sites for hydroxylation is 3. The van der Waals surface area contributed by atoms with Gasteiger partial charge in [0.2, 0.25) is 0 Å². The lowest BCUT2D eigenvalue weighted by molar-refractivity contribution is 0.0906. The van der Waals surface area contributed by atoms with Crippen LogP contribution in [0, 0.1) is 31.4 Å². The molecule has 0 fully saturated rings. The van der Waals surface area contributed by atoms with E-state index in [-0.39, 0.29) is 23.3 Å². The van der Waals surface area contributed by atoms with E-state index < -0.39 is 11.5 Å². The molecule has 10 heteroatoms. The lowest BCUT2D eigenvalue weighted by atomic mass is 9.94. The van der Waals surface area contributed by atoms with E-state index in [4.69, 9.17) is 9.84 Å². The van der Waals surface area contributed by atoms with Crippen molar-refractivity contribution in [1.29, 1.82) is 0 Å². The quantitative estimate of drug-likeness (QED) is 0.331. The van der Waals surface area contributed by atoms with Crippen molar-refractivity contribution in [1.82, 2.24) is 28.7 Å². The van der Waals surface area contributed by atoms with Crippen LogP contribution in [0.25, 0.3) is 28.1 Å². The van der Waals surface area contributed by atoms with Gasteiger partial charge in [-0.1, -0.05) is 13.8 Å². The van der Waals surface area contributed by atoms with Crippen molar-refractivity contribution in [3.8, 4) is 17.2 Å². The summed E-state index contributed by atoms with van der Waals surface area (Å²) in [4.78, 5) is 13.9. The van der Waals surface area contributed by atoms with Crippen molar-refractivity contribution in [2.24, 2.45) is 13.0 Å². The fourth-order valence-corrected chi connectivity index (χ4v) is 5.59. The third kappa shape index (κ3) is 4.01. The van der Waals surface area contributed by atoms with Crippen LogP contribution in [-0.4, -0.2) is 41.9 Å². The van der Waals surface area contributed by atoms with Gasteiger partial charge in [0.05, 0.1) is 40.8 Å². The number of aromatic nitrogens is 6. The van der Waals surface area contributed by atoms with Crippen molar-refractivity contribution in [2.45, 2.75) is 40.0 Å². The molecule has 1 aliphatic rings. The zero-order chi connectivity index (χ0) is 27.6. The Morgan fingerprint density at radius 3 is 2.46 bits per heavy atom. The number of imidazole rings is 1. The van der Waals surface area contributed by atoms with Gasteiger partial charge in [0.1, 0.15) is 11.6 Å². The Labute approximate surface area is 224 Å². The van der Waals surface area contributed by atoms with E-state index in [0.29, 0.717) is 53.2 Å². The zero-order valence-electron chi connectivity index (χ0n) is 22.6. The number of hydrogen-bond donors (Lipinski definition) is 0. The maximum Gasteiger partial charge on any atom is 0.338 e. The number of ether oxygens (including phenoxy) is 1. The number of fused-ring (bicyclic) bond motifs is 2. The first-order valence-corrected chi connectivity index (χ1v) is 13.0. The van der Waals surface area contributed by atoms with Crippen LogP contribution >= 0.6 is 0 Å². The Balaban J connectivity index is 1.60. The first kappa shape index (κ1) is 25.2. The number of benzene rings is 2. The number of hydrogen-bond acceptors (Lipinski definition) is 4. The standard InChI is InChI=1S/C29H30F2N6O2/c1-16-10-22-25(19(4)15-39-14-16)28(37(33-22)20-11-17(2)26(30)18(3)12-20)36-9-8-35(29(36)38)24-7-6-23-21(27(24)31)13-32-34(23)5/h6-9,11-13,16,19H,10,14-15H2,1-5H3/t16-,19-/m0/s1. The molecule has 3 aromatic heterocycles. The van der Waals surface area contributed by atoms with E-state index >= 15 is 4.39 Å². The molecule has 0 saturated carbocycles. The highest BCUT2D eigenvalue weighted by molar-refractivity contribution is 5.81. The van der Waals surface area contributed by atoms with Gasteiger partial charge in [-0.15, -0.1) is 0 Å². The SMILES string of the molecule is Cc1cc(-n2nc3c(c2-n2ccn(-c4ccc5c(cnn5C)c4F)c2=O)[C@@H](C)COC[C@@H](C)C3)cc(C)c1F. The molecule has 202 valence electrons. The van der Waals surface area contributed by atoms with Crippen LogP contribution in [0.4, 0.5) is 8.78 Å². The van der Waals surface area contributed by atoms with Crippen molar-refractivity contribution in [2.75, 3.05) is 13.2 Å². The van der Waals surface area contributed by atoms with E-state index in [0.717, 1.165) is 11.3 Å². The summed E-state index contributed by atoms with van der Waals surface area (Å²) in [6, 6.07) is 6.79. The zero-order valence-corrected chi connectivity index (χ0v) is 22.6. The van der Waals surface area contributed by atoms with E-state index in [1.807, 2.05) is 6.92 Å². The fraction of sp³-hybridized carbons (Fsp3) is 0.345. The summed E-state index contributed by atoms with van der Waals surface area (Å²) >= 11 is 0. The lowest BCUT2D eigenvalue weighted by Gasteiger charge is -2.21. The van der Waals surface area contributed by atoms with Crippen LogP contribution in [-0.2, 0) is 18.2 Å². The van der Waals surface area contributed by atoms with Crippen LogP contribution in [0.1, 0.15) is 42.1 Å². The molecule has 8 nitrogen and oxygen atoms in total. The van der Waals surface area contributed by atoms with Gasteiger partial charge in [0.25, 0.3) is 0 Å². The summed E-state index contributed by atoms with van der Waals surface area (Å²) < 4.78 is 42.1. The van der Waals surface area contributed by atoms with Crippen LogP contribution < -0.4 is 5.69 Å². The molecule has 4 heterocycles. The minimum absolute atomic E-state index is 0.0578. The molecule has 6 rings (SSSR count). The Morgan fingerprint density at radius 2 is 1.72 bits per heavy atom. The first-order valence-electron chi connectivity index (χ1n) is 13.0. The fourth-order valence-electron chi connectivity index (χ4n) is 5.59. The second-order valence-electron chi connectivity index (χ2n) is 10.7. The topological polar surface area (TPSA) is 71.8 Å². The van der Waals surface area contributed by atoms with Crippen molar-refractivity contribution >= 4 is 10.9 Å². The van der Waals surface area contributed by atoms with E-state index in [1.165, 1.54) is 15.3 Å². The predicted molar refractivity (Wildman–Crippen MR) is 144 cm³/mol. The van der Waals surface area contributed by atoms with Gasteiger partial charge in [-0.3, -0.25) is 13.8 Å².